The summed E-state index contributed by atoms with van der Waals surface area (Å²) < 4.78 is 14.6. The predicted octanol–water partition coefficient (Wildman–Crippen LogP) is 3.79. The van der Waals surface area contributed by atoms with Crippen molar-refractivity contribution in [2.75, 3.05) is 0 Å². The minimum absolute atomic E-state index is 0.541. The molecule has 1 aromatic heterocycles. The van der Waals surface area contributed by atoms with Crippen LogP contribution in [0.15, 0.2) is 84.0 Å². The molecule has 0 N–H and O–H groups in total. The summed E-state index contributed by atoms with van der Waals surface area (Å²) in [5.41, 5.74) is 2.07. The molecule has 1 unspecified atom stereocenters. The van der Waals surface area contributed by atoms with Gasteiger partial charge in [0.15, 0.2) is 0 Å². The second kappa shape index (κ2) is 5.88. The van der Waals surface area contributed by atoms with Crippen LogP contribution >= 0.6 is 0 Å². The van der Waals surface area contributed by atoms with Crippen LogP contribution in [-0.2, 0) is 16.6 Å². The van der Waals surface area contributed by atoms with E-state index in [1.807, 2.05) is 83.7 Å². The van der Waals surface area contributed by atoms with Gasteiger partial charge in [-0.15, -0.1) is 0 Å². The molecule has 1 atom stereocenters. The zero-order valence-electron chi connectivity index (χ0n) is 11.0. The van der Waals surface area contributed by atoms with Gasteiger partial charge in [0.05, 0.1) is 27.1 Å². The average molecular weight is 281 g/mol. The van der Waals surface area contributed by atoms with Gasteiger partial charge < -0.3 is 4.57 Å². The summed E-state index contributed by atoms with van der Waals surface area (Å²) >= 11 is 0. The van der Waals surface area contributed by atoms with E-state index in [-0.39, 0.29) is 0 Å². The zero-order chi connectivity index (χ0) is 13.8. The molecule has 0 aliphatic rings. The van der Waals surface area contributed by atoms with Crippen molar-refractivity contribution in [1.29, 1.82) is 0 Å². The Morgan fingerprint density at radius 2 is 1.45 bits per heavy atom. The first-order valence-corrected chi connectivity index (χ1v) is 7.81. The summed E-state index contributed by atoms with van der Waals surface area (Å²) in [7, 11) is -1.05. The molecule has 20 heavy (non-hydrogen) atoms. The number of hydrogen-bond donors (Lipinski definition) is 0. The highest BCUT2D eigenvalue weighted by Crippen LogP contribution is 2.20. The lowest BCUT2D eigenvalue weighted by Gasteiger charge is -2.10. The fraction of sp³-hybridized carbons (Fsp3) is 0.0588. The SMILES string of the molecule is O=S(Cc1ccccc1)c1ccccc1-n1cccc1. The third kappa shape index (κ3) is 2.73. The standard InChI is InChI=1S/C17H15NOS/c19-20(14-15-8-2-1-3-9-15)17-11-5-4-10-16(17)18-12-6-7-13-18/h1-13H,14H2. The number of benzene rings is 2. The first kappa shape index (κ1) is 12.9. The van der Waals surface area contributed by atoms with Gasteiger partial charge in [0.1, 0.15) is 0 Å². The summed E-state index contributed by atoms with van der Waals surface area (Å²) in [6, 6.07) is 21.7. The van der Waals surface area contributed by atoms with Gasteiger partial charge in [0.2, 0.25) is 0 Å². The first-order chi connectivity index (χ1) is 9.84. The van der Waals surface area contributed by atoms with E-state index in [1.165, 1.54) is 0 Å². The summed E-state index contributed by atoms with van der Waals surface area (Å²) in [4.78, 5) is 0.868. The van der Waals surface area contributed by atoms with Gasteiger partial charge >= 0.3 is 0 Å². The Morgan fingerprint density at radius 1 is 0.800 bits per heavy atom. The Bertz CT molecular complexity index is 705. The second-order valence-electron chi connectivity index (χ2n) is 4.53. The molecular weight excluding hydrogens is 266 g/mol. The van der Waals surface area contributed by atoms with Crippen LogP contribution in [-0.4, -0.2) is 8.78 Å². The van der Waals surface area contributed by atoms with E-state index in [4.69, 9.17) is 0 Å². The summed E-state index contributed by atoms with van der Waals surface area (Å²) in [6.07, 6.45) is 3.94. The highest BCUT2D eigenvalue weighted by atomic mass is 32.2. The molecule has 3 heteroatoms. The molecule has 1 heterocycles. The van der Waals surface area contributed by atoms with Crippen molar-refractivity contribution in [3.05, 3.63) is 84.7 Å². The van der Waals surface area contributed by atoms with Gasteiger partial charge in [-0.1, -0.05) is 42.5 Å². The molecule has 0 amide bonds. The Labute approximate surface area is 121 Å². The van der Waals surface area contributed by atoms with Crippen molar-refractivity contribution < 1.29 is 4.21 Å². The lowest BCUT2D eigenvalue weighted by molar-refractivity contribution is 0.682. The van der Waals surface area contributed by atoms with Crippen LogP contribution in [0.1, 0.15) is 5.56 Å². The molecule has 100 valence electrons. The highest BCUT2D eigenvalue weighted by Gasteiger charge is 2.10. The van der Waals surface area contributed by atoms with Crippen molar-refractivity contribution in [2.24, 2.45) is 0 Å². The molecule has 2 aromatic carbocycles. The van der Waals surface area contributed by atoms with Crippen molar-refractivity contribution in [1.82, 2.24) is 4.57 Å². The van der Waals surface area contributed by atoms with Gasteiger partial charge in [-0.2, -0.15) is 0 Å². The molecule has 0 aliphatic heterocycles. The zero-order valence-corrected chi connectivity index (χ0v) is 11.8. The van der Waals surface area contributed by atoms with Crippen molar-refractivity contribution in [3.63, 3.8) is 0 Å². The summed E-state index contributed by atoms with van der Waals surface area (Å²) in [5.74, 6) is 0.541. The molecule has 0 fully saturated rings. The fourth-order valence-corrected chi connectivity index (χ4v) is 3.45. The molecule has 0 radical (unpaired) electrons. The summed E-state index contributed by atoms with van der Waals surface area (Å²) in [6.45, 7) is 0. The molecule has 0 spiro atoms. The van der Waals surface area contributed by atoms with E-state index in [0.29, 0.717) is 5.75 Å². The molecule has 0 saturated carbocycles. The van der Waals surface area contributed by atoms with Crippen molar-refractivity contribution in [2.45, 2.75) is 10.6 Å². The molecule has 2 nitrogen and oxygen atoms in total. The van der Waals surface area contributed by atoms with Crippen LogP contribution in [0, 0.1) is 0 Å². The van der Waals surface area contributed by atoms with Crippen LogP contribution in [0.2, 0.25) is 0 Å². The van der Waals surface area contributed by atoms with Gasteiger partial charge in [-0.05, 0) is 29.8 Å². The smallest absolute Gasteiger partial charge is 0.0631 e. The maximum absolute atomic E-state index is 12.6. The molecule has 3 aromatic rings. The van der Waals surface area contributed by atoms with Crippen LogP contribution in [0.3, 0.4) is 0 Å². The number of para-hydroxylation sites is 1. The predicted molar refractivity (Wildman–Crippen MR) is 82.3 cm³/mol. The van der Waals surface area contributed by atoms with E-state index < -0.39 is 10.8 Å². The van der Waals surface area contributed by atoms with E-state index in [0.717, 1.165) is 16.1 Å². The number of aromatic nitrogens is 1. The van der Waals surface area contributed by atoms with Crippen molar-refractivity contribution >= 4 is 10.8 Å². The van der Waals surface area contributed by atoms with Crippen LogP contribution in [0.5, 0.6) is 0 Å². The minimum Gasteiger partial charge on any atom is -0.323 e. The minimum atomic E-state index is -1.05. The topological polar surface area (TPSA) is 22.0 Å². The van der Waals surface area contributed by atoms with E-state index >= 15 is 0 Å². The largest absolute Gasteiger partial charge is 0.323 e. The monoisotopic (exact) mass is 281 g/mol. The van der Waals surface area contributed by atoms with E-state index in [9.17, 15) is 4.21 Å². The third-order valence-corrected chi connectivity index (χ3v) is 4.57. The Kier molecular flexibility index (Phi) is 3.79. The number of rotatable bonds is 4. The van der Waals surface area contributed by atoms with Gasteiger partial charge in [-0.3, -0.25) is 4.21 Å². The molecule has 0 bridgehead atoms. The summed E-state index contributed by atoms with van der Waals surface area (Å²) in [5, 5.41) is 0. The van der Waals surface area contributed by atoms with Crippen LogP contribution < -0.4 is 0 Å². The van der Waals surface area contributed by atoms with E-state index in [2.05, 4.69) is 0 Å². The maximum atomic E-state index is 12.6. The highest BCUT2D eigenvalue weighted by molar-refractivity contribution is 7.84. The quantitative estimate of drug-likeness (QED) is 0.713. The lowest BCUT2D eigenvalue weighted by Crippen LogP contribution is -2.02. The van der Waals surface area contributed by atoms with Crippen LogP contribution in [0.4, 0.5) is 0 Å². The Hall–Kier alpha value is -2.13. The maximum Gasteiger partial charge on any atom is 0.0631 e. The Balaban J connectivity index is 1.93. The lowest BCUT2D eigenvalue weighted by atomic mass is 10.2. The average Bonchev–Trinajstić information content (AvgIpc) is 3.02. The van der Waals surface area contributed by atoms with E-state index in [1.54, 1.807) is 0 Å². The number of hydrogen-bond acceptors (Lipinski definition) is 1. The number of nitrogens with zero attached hydrogens (tertiary/aromatic N) is 1. The van der Waals surface area contributed by atoms with Gasteiger partial charge in [0, 0.05) is 12.4 Å². The fourth-order valence-electron chi connectivity index (χ4n) is 2.16. The normalized spacial score (nSPS) is 12.2. The first-order valence-electron chi connectivity index (χ1n) is 6.49. The molecular formula is C17H15NOS. The molecule has 3 rings (SSSR count). The molecule has 0 saturated heterocycles. The second-order valence-corrected chi connectivity index (χ2v) is 5.95. The third-order valence-electron chi connectivity index (χ3n) is 3.13. The van der Waals surface area contributed by atoms with Gasteiger partial charge in [0.25, 0.3) is 0 Å². The Morgan fingerprint density at radius 3 is 2.20 bits per heavy atom. The van der Waals surface area contributed by atoms with Crippen LogP contribution in [0.25, 0.3) is 5.69 Å². The van der Waals surface area contributed by atoms with Gasteiger partial charge in [-0.25, -0.2) is 0 Å². The molecule has 0 aliphatic carbocycles. The van der Waals surface area contributed by atoms with Crippen molar-refractivity contribution in [3.8, 4) is 5.69 Å².